The maximum Gasteiger partial charge on any atom is 2.00 e. The molecule has 2 N–H and O–H groups in total. The van der Waals surface area contributed by atoms with E-state index in [1.807, 2.05) is 0 Å². The Morgan fingerprint density at radius 2 is 1.08 bits per heavy atom. The number of carboxylic acids is 2. The number of aliphatic hydroxyl groups excluding tert-OH is 2. The summed E-state index contributed by atoms with van der Waals surface area (Å²) in [6, 6.07) is 0. The fourth-order valence-electron chi connectivity index (χ4n) is 0. The van der Waals surface area contributed by atoms with Gasteiger partial charge in [0, 0.05) is 0 Å². The van der Waals surface area contributed by atoms with Crippen molar-refractivity contribution in [3.8, 4) is 0 Å². The van der Waals surface area contributed by atoms with E-state index in [0.717, 1.165) is 13.8 Å². The topological polar surface area (TPSA) is 121 Å². The monoisotopic (exact) mass is 380 g/mol. The molecular formula is C6H10HgO6. The minimum absolute atomic E-state index is 0. The van der Waals surface area contributed by atoms with Crippen LogP contribution in [-0.4, -0.2) is 34.4 Å². The number of rotatable bonds is 2. The largest absolute Gasteiger partial charge is 2.00 e. The molecule has 0 unspecified atom stereocenters. The van der Waals surface area contributed by atoms with Crippen LogP contribution < -0.4 is 10.2 Å². The van der Waals surface area contributed by atoms with Gasteiger partial charge in [-0.3, -0.25) is 0 Å². The predicted octanol–water partition coefficient (Wildman–Crippen LogP) is -3.77. The van der Waals surface area contributed by atoms with Crippen LogP contribution in [0.25, 0.3) is 0 Å². The van der Waals surface area contributed by atoms with E-state index in [9.17, 15) is 19.8 Å². The van der Waals surface area contributed by atoms with E-state index in [1.54, 1.807) is 0 Å². The van der Waals surface area contributed by atoms with Crippen LogP contribution >= 0.6 is 0 Å². The molecule has 0 rings (SSSR count). The Kier molecular flexibility index (Phi) is 14.1. The van der Waals surface area contributed by atoms with Crippen LogP contribution in [0.5, 0.6) is 0 Å². The second kappa shape index (κ2) is 9.88. The Morgan fingerprint density at radius 1 is 1.00 bits per heavy atom. The first-order valence-electron chi connectivity index (χ1n) is 3.06. The summed E-state index contributed by atoms with van der Waals surface area (Å²) in [5, 5.41) is 34.6. The van der Waals surface area contributed by atoms with Gasteiger partial charge in [0.15, 0.2) is 0 Å². The molecule has 6 nitrogen and oxygen atoms in total. The maximum atomic E-state index is 9.34. The number of hydrogen-bond acceptors (Lipinski definition) is 6. The maximum absolute atomic E-state index is 9.34. The predicted molar refractivity (Wildman–Crippen MR) is 33.4 cm³/mol. The summed E-state index contributed by atoms with van der Waals surface area (Å²) < 4.78 is 0. The molecule has 0 aromatic rings. The van der Waals surface area contributed by atoms with Crippen LogP contribution in [0.2, 0.25) is 0 Å². The van der Waals surface area contributed by atoms with Crippen molar-refractivity contribution in [1.29, 1.82) is 0 Å². The molecule has 0 spiro atoms. The Bertz CT molecular complexity index is 137. The van der Waals surface area contributed by atoms with Crippen molar-refractivity contribution < 1.29 is 57.7 Å². The number of aliphatic hydroxyl groups is 2. The molecule has 0 aliphatic carbocycles. The van der Waals surface area contributed by atoms with E-state index in [2.05, 4.69) is 0 Å². The molecule has 0 heterocycles. The van der Waals surface area contributed by atoms with Crippen LogP contribution in [0.3, 0.4) is 0 Å². The van der Waals surface area contributed by atoms with Crippen molar-refractivity contribution in [3.05, 3.63) is 0 Å². The number of carboxylic acid groups (broad SMARTS) is 2. The van der Waals surface area contributed by atoms with Gasteiger partial charge in [-0.1, -0.05) is 0 Å². The van der Waals surface area contributed by atoms with Crippen molar-refractivity contribution in [2.45, 2.75) is 26.1 Å². The second-order valence-electron chi connectivity index (χ2n) is 1.99. The van der Waals surface area contributed by atoms with Gasteiger partial charge in [-0.15, -0.1) is 0 Å². The third kappa shape index (κ3) is 18.6. The smallest absolute Gasteiger partial charge is 0.547 e. The van der Waals surface area contributed by atoms with Gasteiger partial charge in [-0.25, -0.2) is 0 Å². The van der Waals surface area contributed by atoms with Gasteiger partial charge in [0.25, 0.3) is 0 Å². The van der Waals surface area contributed by atoms with Gasteiger partial charge in [-0.05, 0) is 13.8 Å². The Hall–Kier alpha value is -0.205. The first-order valence-corrected chi connectivity index (χ1v) is 3.06. The van der Waals surface area contributed by atoms with E-state index < -0.39 is 24.1 Å². The quantitative estimate of drug-likeness (QED) is 0.476. The summed E-state index contributed by atoms with van der Waals surface area (Å²) >= 11 is 0. The minimum Gasteiger partial charge on any atom is -0.547 e. The van der Waals surface area contributed by atoms with E-state index in [0.29, 0.717) is 0 Å². The molecule has 13 heavy (non-hydrogen) atoms. The fraction of sp³-hybridized carbons (Fsp3) is 0.667. The molecule has 0 fully saturated rings. The number of aliphatic carboxylic acids is 2. The first-order chi connectivity index (χ1) is 5.29. The van der Waals surface area contributed by atoms with E-state index in [-0.39, 0.29) is 27.7 Å². The zero-order chi connectivity index (χ0) is 10.3. The summed E-state index contributed by atoms with van der Waals surface area (Å²) in [5.41, 5.74) is 0. The molecule has 0 saturated heterocycles. The third-order valence-electron chi connectivity index (χ3n) is 0.682. The van der Waals surface area contributed by atoms with Crippen LogP contribution in [-0.2, 0) is 37.3 Å². The van der Waals surface area contributed by atoms with Crippen molar-refractivity contribution >= 4 is 11.9 Å². The average Bonchev–Trinajstić information content (AvgIpc) is 1.88. The molecule has 0 bridgehead atoms. The van der Waals surface area contributed by atoms with Crippen molar-refractivity contribution in [1.82, 2.24) is 0 Å². The molecule has 2 atom stereocenters. The van der Waals surface area contributed by atoms with E-state index in [4.69, 9.17) is 10.2 Å². The van der Waals surface area contributed by atoms with Gasteiger partial charge in [0.1, 0.15) is 0 Å². The van der Waals surface area contributed by atoms with Gasteiger partial charge in [-0.2, -0.15) is 0 Å². The molecule has 0 radical (unpaired) electrons. The summed E-state index contributed by atoms with van der Waals surface area (Å²) in [6.45, 7) is 2.27. The van der Waals surface area contributed by atoms with Gasteiger partial charge >= 0.3 is 27.7 Å². The van der Waals surface area contributed by atoms with Crippen LogP contribution in [0.1, 0.15) is 13.8 Å². The van der Waals surface area contributed by atoms with E-state index >= 15 is 0 Å². The first kappa shape index (κ1) is 18.6. The third-order valence-corrected chi connectivity index (χ3v) is 0.682. The van der Waals surface area contributed by atoms with Crippen LogP contribution in [0, 0.1) is 0 Å². The molecule has 0 aromatic carbocycles. The average molecular weight is 379 g/mol. The number of hydrogen-bond donors (Lipinski definition) is 2. The van der Waals surface area contributed by atoms with Crippen molar-refractivity contribution in [2.24, 2.45) is 0 Å². The molecular weight excluding hydrogens is 369 g/mol. The van der Waals surface area contributed by atoms with E-state index in [1.165, 1.54) is 0 Å². The van der Waals surface area contributed by atoms with Gasteiger partial charge in [0.05, 0.1) is 24.1 Å². The SMILES string of the molecule is C[C@H](O)C(=O)[O-].C[C@H](O)C(=O)[O-].[Hg+2]. The number of carbonyl (C=O) groups excluding carboxylic acids is 2. The molecule has 0 amide bonds. The molecule has 7 heteroatoms. The Balaban J connectivity index is -0.000000143. The normalized spacial score (nSPS) is 12.6. The number of carbonyl (C=O) groups is 2. The fourth-order valence-corrected chi connectivity index (χ4v) is 0. The molecule has 72 valence electrons. The summed E-state index contributed by atoms with van der Waals surface area (Å²) in [6.07, 6.45) is -2.69. The van der Waals surface area contributed by atoms with Crippen LogP contribution in [0.4, 0.5) is 0 Å². The molecule has 0 aliphatic rings. The summed E-state index contributed by atoms with van der Waals surface area (Å²) in [4.78, 5) is 18.7. The minimum atomic E-state index is -1.44. The summed E-state index contributed by atoms with van der Waals surface area (Å²) in [7, 11) is 0. The zero-order valence-electron chi connectivity index (χ0n) is 7.39. The zero-order valence-corrected chi connectivity index (χ0v) is 12.9. The summed E-state index contributed by atoms with van der Waals surface area (Å²) in [5.74, 6) is -2.87. The van der Waals surface area contributed by atoms with Gasteiger partial charge < -0.3 is 30.0 Å². The Morgan fingerprint density at radius 3 is 1.08 bits per heavy atom. The second-order valence-corrected chi connectivity index (χ2v) is 1.99. The molecule has 0 aliphatic heterocycles. The van der Waals surface area contributed by atoms with Crippen molar-refractivity contribution in [2.75, 3.05) is 0 Å². The van der Waals surface area contributed by atoms with Crippen LogP contribution in [0.15, 0.2) is 0 Å². The molecule has 0 aromatic heterocycles. The Labute approximate surface area is 95.7 Å². The van der Waals surface area contributed by atoms with Gasteiger partial charge in [0.2, 0.25) is 0 Å². The van der Waals surface area contributed by atoms with Crippen molar-refractivity contribution in [3.63, 3.8) is 0 Å². The standard InChI is InChI=1S/2C3H6O3.Hg/c2*1-2(4)3(5)6;/h2*2,4H,1H3,(H,5,6);/q;;+2/p-2/t2*2-;/m00./s1. The molecule has 0 saturated carbocycles.